The van der Waals surface area contributed by atoms with E-state index in [0.717, 1.165) is 53.0 Å². The molecule has 1 unspecified atom stereocenters. The number of nitrogens with zero attached hydrogens (tertiary/aromatic N) is 2. The number of unbranched alkanes of at least 4 members (excludes halogenated alkanes) is 1. The third-order valence-electron chi connectivity index (χ3n) is 6.84. The summed E-state index contributed by atoms with van der Waals surface area (Å²) in [4.78, 5) is 33.6. The Kier molecular flexibility index (Phi) is 5.55. The zero-order chi connectivity index (χ0) is 24.0. The van der Waals surface area contributed by atoms with Gasteiger partial charge in [0.25, 0.3) is 11.7 Å². The number of benzene rings is 2. The third kappa shape index (κ3) is 3.43. The van der Waals surface area contributed by atoms with Crippen molar-refractivity contribution in [3.63, 3.8) is 0 Å². The number of rotatable bonds is 5. The number of Topliss-reactive ketones (excluding diaryl/α,β-unsaturated/α-hetero) is 1. The quantitative estimate of drug-likeness (QED) is 0.333. The predicted octanol–water partition coefficient (Wildman–Crippen LogP) is 4.53. The summed E-state index contributed by atoms with van der Waals surface area (Å²) in [5.41, 5.74) is 4.13. The van der Waals surface area contributed by atoms with Crippen LogP contribution in [0, 0.1) is 6.92 Å². The van der Waals surface area contributed by atoms with E-state index in [1.165, 1.54) is 0 Å². The molecule has 2 aliphatic rings. The highest BCUT2D eigenvalue weighted by Crippen LogP contribution is 2.44. The summed E-state index contributed by atoms with van der Waals surface area (Å²) < 4.78 is 5.72. The maximum absolute atomic E-state index is 13.3. The van der Waals surface area contributed by atoms with E-state index < -0.39 is 17.7 Å². The Morgan fingerprint density at radius 1 is 1.21 bits per heavy atom. The predicted molar refractivity (Wildman–Crippen MR) is 132 cm³/mol. The number of amides is 1. The van der Waals surface area contributed by atoms with Crippen LogP contribution in [0.25, 0.3) is 16.7 Å². The van der Waals surface area contributed by atoms with E-state index in [4.69, 9.17) is 4.74 Å². The maximum Gasteiger partial charge on any atom is 0.295 e. The van der Waals surface area contributed by atoms with Crippen molar-refractivity contribution in [1.29, 1.82) is 0 Å². The number of ether oxygens (including phenoxy) is 1. The van der Waals surface area contributed by atoms with Crippen molar-refractivity contribution in [3.8, 4) is 5.75 Å². The molecule has 5 rings (SSSR count). The minimum Gasteiger partial charge on any atom is -0.507 e. The number of ketones is 1. The summed E-state index contributed by atoms with van der Waals surface area (Å²) in [6.45, 7) is 5.77. The molecule has 7 nitrogen and oxygen atoms in total. The van der Waals surface area contributed by atoms with Gasteiger partial charge < -0.3 is 24.6 Å². The van der Waals surface area contributed by atoms with Crippen LogP contribution >= 0.6 is 0 Å². The van der Waals surface area contributed by atoms with Gasteiger partial charge in [0, 0.05) is 41.3 Å². The van der Waals surface area contributed by atoms with Crippen molar-refractivity contribution in [2.24, 2.45) is 0 Å². The van der Waals surface area contributed by atoms with Crippen LogP contribution in [0.3, 0.4) is 0 Å². The van der Waals surface area contributed by atoms with Crippen molar-refractivity contribution < 1.29 is 19.4 Å². The van der Waals surface area contributed by atoms with Gasteiger partial charge in [0.05, 0.1) is 23.8 Å². The highest BCUT2D eigenvalue weighted by atomic mass is 16.5. The minimum absolute atomic E-state index is 0.133. The standard InChI is InChI=1S/C27H29N3O4/c1-4-5-12-30-24(22-16(2)28-19-9-7-6-8-18(19)22)23(26(32)27(30)33)25(31)17-10-11-21-20(15-17)29(3)13-14-34-21/h6-11,15,24,28,31H,4-5,12-14H2,1-3H3/b25-23+. The molecule has 1 aromatic heterocycles. The highest BCUT2D eigenvalue weighted by Gasteiger charge is 2.47. The van der Waals surface area contributed by atoms with Gasteiger partial charge in [0.15, 0.2) is 0 Å². The number of carbonyl (C=O) groups excluding carboxylic acids is 2. The number of anilines is 1. The molecular formula is C27H29N3O4. The van der Waals surface area contributed by atoms with Gasteiger partial charge >= 0.3 is 0 Å². The third-order valence-corrected chi connectivity index (χ3v) is 6.84. The summed E-state index contributed by atoms with van der Waals surface area (Å²) in [5.74, 6) is -0.639. The number of carbonyl (C=O) groups is 2. The van der Waals surface area contributed by atoms with E-state index in [2.05, 4.69) is 9.88 Å². The normalized spacial score (nSPS) is 19.6. The summed E-state index contributed by atoms with van der Waals surface area (Å²) in [5, 5.41) is 12.4. The van der Waals surface area contributed by atoms with Crippen molar-refractivity contribution in [3.05, 3.63) is 64.9 Å². The Labute approximate surface area is 198 Å². The maximum atomic E-state index is 13.3. The summed E-state index contributed by atoms with van der Waals surface area (Å²) >= 11 is 0. The molecule has 2 aromatic carbocycles. The van der Waals surface area contributed by atoms with E-state index in [0.29, 0.717) is 18.7 Å². The van der Waals surface area contributed by atoms with Crippen LogP contribution in [-0.2, 0) is 9.59 Å². The van der Waals surface area contributed by atoms with Gasteiger partial charge in [-0.2, -0.15) is 0 Å². The Hall–Kier alpha value is -3.74. The number of hydrogen-bond donors (Lipinski definition) is 2. The van der Waals surface area contributed by atoms with E-state index >= 15 is 0 Å². The highest BCUT2D eigenvalue weighted by molar-refractivity contribution is 6.46. The van der Waals surface area contributed by atoms with Crippen LogP contribution in [0.2, 0.25) is 0 Å². The number of aliphatic hydroxyl groups excluding tert-OH is 1. The number of nitrogens with one attached hydrogen (secondary N) is 1. The Morgan fingerprint density at radius 3 is 2.79 bits per heavy atom. The fourth-order valence-corrected chi connectivity index (χ4v) is 5.04. The monoisotopic (exact) mass is 459 g/mol. The van der Waals surface area contributed by atoms with Gasteiger partial charge in [-0.3, -0.25) is 9.59 Å². The smallest absolute Gasteiger partial charge is 0.295 e. The van der Waals surface area contributed by atoms with Gasteiger partial charge in [-0.25, -0.2) is 0 Å². The molecule has 0 bridgehead atoms. The van der Waals surface area contributed by atoms with E-state index in [1.54, 1.807) is 17.0 Å². The first kappa shape index (κ1) is 22.1. The fourth-order valence-electron chi connectivity index (χ4n) is 5.04. The van der Waals surface area contributed by atoms with Gasteiger partial charge in [-0.05, 0) is 37.6 Å². The molecule has 176 valence electrons. The van der Waals surface area contributed by atoms with Crippen LogP contribution in [-0.4, -0.2) is 53.4 Å². The van der Waals surface area contributed by atoms with Crippen LogP contribution < -0.4 is 9.64 Å². The van der Waals surface area contributed by atoms with Gasteiger partial charge in [-0.15, -0.1) is 0 Å². The number of likely N-dealkylation sites (tertiary alicyclic amines) is 1. The summed E-state index contributed by atoms with van der Waals surface area (Å²) in [7, 11) is 1.96. The molecule has 2 aliphatic heterocycles. The number of hydrogen-bond acceptors (Lipinski definition) is 5. The van der Waals surface area contributed by atoms with Gasteiger partial charge in [0.2, 0.25) is 0 Å². The Bertz CT molecular complexity index is 1320. The molecule has 1 fully saturated rings. The number of fused-ring (bicyclic) bond motifs is 2. The first-order chi connectivity index (χ1) is 16.4. The minimum atomic E-state index is -0.660. The van der Waals surface area contributed by atoms with E-state index in [1.807, 2.05) is 51.2 Å². The SMILES string of the molecule is CCCCN1C(=O)C(=O)/C(=C(/O)c2ccc3c(c2)N(C)CCO3)C1c1c(C)[nH]c2ccccc12. The largest absolute Gasteiger partial charge is 0.507 e. The lowest BCUT2D eigenvalue weighted by Gasteiger charge is -2.28. The van der Waals surface area contributed by atoms with E-state index in [-0.39, 0.29) is 11.3 Å². The van der Waals surface area contributed by atoms with Crippen molar-refractivity contribution in [2.75, 3.05) is 31.6 Å². The summed E-state index contributed by atoms with van der Waals surface area (Å²) in [6.07, 6.45) is 1.66. The average molecular weight is 460 g/mol. The molecule has 0 radical (unpaired) electrons. The van der Waals surface area contributed by atoms with Crippen LogP contribution in [0.1, 0.15) is 42.6 Å². The first-order valence-corrected chi connectivity index (χ1v) is 11.8. The van der Waals surface area contributed by atoms with Crippen molar-refractivity contribution >= 4 is 34.0 Å². The van der Waals surface area contributed by atoms with Gasteiger partial charge in [-0.1, -0.05) is 31.5 Å². The molecule has 3 aromatic rings. The lowest BCUT2D eigenvalue weighted by atomic mass is 9.93. The zero-order valence-electron chi connectivity index (χ0n) is 19.7. The molecule has 0 saturated carbocycles. The molecule has 7 heteroatoms. The number of aliphatic hydroxyl groups is 1. The van der Waals surface area contributed by atoms with Crippen LogP contribution in [0.15, 0.2) is 48.0 Å². The second-order valence-electron chi connectivity index (χ2n) is 9.01. The zero-order valence-corrected chi connectivity index (χ0v) is 19.7. The number of H-pyrrole nitrogens is 1. The molecule has 0 spiro atoms. The number of aryl methyl sites for hydroxylation is 1. The number of aromatic amines is 1. The Morgan fingerprint density at radius 2 is 2.00 bits per heavy atom. The molecule has 1 saturated heterocycles. The Balaban J connectivity index is 1.71. The van der Waals surface area contributed by atoms with Crippen LogP contribution in [0.5, 0.6) is 5.75 Å². The van der Waals surface area contributed by atoms with Gasteiger partial charge in [0.1, 0.15) is 18.1 Å². The van der Waals surface area contributed by atoms with Crippen molar-refractivity contribution in [1.82, 2.24) is 9.88 Å². The molecule has 0 aliphatic carbocycles. The average Bonchev–Trinajstić information content (AvgIpc) is 3.29. The lowest BCUT2D eigenvalue weighted by molar-refractivity contribution is -0.139. The molecule has 1 amide bonds. The lowest BCUT2D eigenvalue weighted by Crippen LogP contribution is -2.30. The molecule has 1 atom stereocenters. The number of para-hydroxylation sites is 1. The molecule has 3 heterocycles. The second-order valence-corrected chi connectivity index (χ2v) is 9.01. The number of likely N-dealkylation sites (N-methyl/N-ethyl adjacent to an activating group) is 1. The fraction of sp³-hybridized carbons (Fsp3) is 0.333. The molecule has 2 N–H and O–H groups in total. The second kappa shape index (κ2) is 8.56. The number of aromatic nitrogens is 1. The van der Waals surface area contributed by atoms with Crippen LogP contribution in [0.4, 0.5) is 5.69 Å². The topological polar surface area (TPSA) is 85.9 Å². The van der Waals surface area contributed by atoms with E-state index in [9.17, 15) is 14.7 Å². The molecule has 34 heavy (non-hydrogen) atoms. The summed E-state index contributed by atoms with van der Waals surface area (Å²) in [6, 6.07) is 12.6. The molecular weight excluding hydrogens is 430 g/mol. The van der Waals surface area contributed by atoms with Crippen molar-refractivity contribution in [2.45, 2.75) is 32.7 Å². The first-order valence-electron chi connectivity index (χ1n) is 11.8.